The molecule has 0 spiro atoms. The number of hydrogen-bond donors (Lipinski definition) is 1. The molecule has 5 rings (SSSR count). The minimum atomic E-state index is -0.789. The second-order valence-electron chi connectivity index (χ2n) is 9.75. The Morgan fingerprint density at radius 2 is 1.82 bits per heavy atom. The lowest BCUT2D eigenvalue weighted by Gasteiger charge is -2.32. The fourth-order valence-corrected chi connectivity index (χ4v) is 4.88. The largest absolute Gasteiger partial charge is 0.376 e. The summed E-state index contributed by atoms with van der Waals surface area (Å²) in [5.41, 5.74) is 4.45. The maximum Gasteiger partial charge on any atom is 0.247 e. The van der Waals surface area contributed by atoms with E-state index in [0.29, 0.717) is 19.5 Å². The summed E-state index contributed by atoms with van der Waals surface area (Å²) in [5, 5.41) is 11.5. The molecule has 1 aliphatic heterocycles. The van der Waals surface area contributed by atoms with Crippen molar-refractivity contribution in [1.82, 2.24) is 25.2 Å². The van der Waals surface area contributed by atoms with E-state index in [1.54, 1.807) is 9.58 Å². The molecule has 0 radical (unpaired) electrons. The number of amides is 2. The van der Waals surface area contributed by atoms with Gasteiger partial charge in [-0.1, -0.05) is 77.5 Å². The van der Waals surface area contributed by atoms with E-state index in [4.69, 9.17) is 4.74 Å². The zero-order valence-corrected chi connectivity index (χ0v) is 21.6. The highest BCUT2D eigenvalue weighted by atomic mass is 16.5. The van der Waals surface area contributed by atoms with Gasteiger partial charge in [-0.3, -0.25) is 9.59 Å². The number of carbonyl (C=O) groups excluding carboxylic acids is 2. The summed E-state index contributed by atoms with van der Waals surface area (Å²) in [6, 6.07) is 24.6. The van der Waals surface area contributed by atoms with Crippen molar-refractivity contribution < 1.29 is 14.3 Å². The summed E-state index contributed by atoms with van der Waals surface area (Å²) in [4.78, 5) is 29.4. The molecule has 2 amide bonds. The Balaban J connectivity index is 1.45. The highest BCUT2D eigenvalue weighted by molar-refractivity contribution is 5.89. The van der Waals surface area contributed by atoms with Crippen LogP contribution >= 0.6 is 0 Å². The van der Waals surface area contributed by atoms with Gasteiger partial charge >= 0.3 is 0 Å². The number of carbonyl (C=O) groups is 2. The second-order valence-corrected chi connectivity index (χ2v) is 9.75. The van der Waals surface area contributed by atoms with Gasteiger partial charge in [0.1, 0.15) is 18.1 Å². The van der Waals surface area contributed by atoms with Crippen molar-refractivity contribution in [2.24, 2.45) is 0 Å². The number of aryl methyl sites for hydroxylation is 1. The van der Waals surface area contributed by atoms with Crippen LogP contribution in [-0.4, -0.2) is 57.5 Å². The minimum absolute atomic E-state index is 0.00704. The molecule has 1 fully saturated rings. The summed E-state index contributed by atoms with van der Waals surface area (Å²) < 4.78 is 7.32. The van der Waals surface area contributed by atoms with Crippen molar-refractivity contribution >= 4 is 22.8 Å². The van der Waals surface area contributed by atoms with Gasteiger partial charge in [0.2, 0.25) is 11.8 Å². The predicted octanol–water partition coefficient (Wildman–Crippen LogP) is 3.85. The van der Waals surface area contributed by atoms with E-state index in [-0.39, 0.29) is 24.5 Å². The van der Waals surface area contributed by atoms with Crippen LogP contribution in [0.15, 0.2) is 78.9 Å². The SMILES string of the molecule is Cc1ccc([C@@H](C(=O)NC[C@H]2CCCO2)N(CCc2ccccc2)C(=O)Cn2nnc3ccccc32)cc1. The standard InChI is InChI=1S/C30H33N5O3/c1-22-13-15-24(16-14-22)29(30(37)31-20-25-10-7-19-38-25)34(18-17-23-8-3-2-4-9-23)28(36)21-35-27-12-6-5-11-26(27)32-33-35/h2-6,8-9,11-16,25,29H,7,10,17-21H2,1H3,(H,31,37)/t25-,29+/m1/s1. The van der Waals surface area contributed by atoms with Crippen LogP contribution in [0.4, 0.5) is 0 Å². The van der Waals surface area contributed by atoms with Crippen molar-refractivity contribution in [2.45, 2.75) is 44.9 Å². The van der Waals surface area contributed by atoms with Crippen LogP contribution in [0.2, 0.25) is 0 Å². The van der Waals surface area contributed by atoms with Gasteiger partial charge in [-0.15, -0.1) is 5.10 Å². The quantitative estimate of drug-likeness (QED) is 0.349. The number of nitrogens with one attached hydrogen (secondary N) is 1. The van der Waals surface area contributed by atoms with Crippen LogP contribution in [0.25, 0.3) is 11.0 Å². The summed E-state index contributed by atoms with van der Waals surface area (Å²) in [6.07, 6.45) is 2.54. The maximum atomic E-state index is 14.0. The lowest BCUT2D eigenvalue weighted by Crippen LogP contribution is -2.47. The van der Waals surface area contributed by atoms with E-state index >= 15 is 0 Å². The highest BCUT2D eigenvalue weighted by Gasteiger charge is 2.32. The fraction of sp³-hybridized carbons (Fsp3) is 0.333. The van der Waals surface area contributed by atoms with Gasteiger partial charge in [0, 0.05) is 19.7 Å². The molecule has 1 aliphatic rings. The minimum Gasteiger partial charge on any atom is -0.376 e. The van der Waals surface area contributed by atoms with Crippen molar-refractivity contribution in [1.29, 1.82) is 0 Å². The Bertz CT molecular complexity index is 1360. The number of para-hydroxylation sites is 1. The Kier molecular flexibility index (Phi) is 8.09. The van der Waals surface area contributed by atoms with Gasteiger partial charge in [-0.25, -0.2) is 4.68 Å². The fourth-order valence-electron chi connectivity index (χ4n) is 4.88. The van der Waals surface area contributed by atoms with Crippen LogP contribution in [0, 0.1) is 6.92 Å². The van der Waals surface area contributed by atoms with Crippen LogP contribution in [0.1, 0.15) is 35.6 Å². The first-order chi connectivity index (χ1) is 18.6. The van der Waals surface area contributed by atoms with Crippen LogP contribution < -0.4 is 5.32 Å². The van der Waals surface area contributed by atoms with E-state index < -0.39 is 6.04 Å². The smallest absolute Gasteiger partial charge is 0.247 e. The van der Waals surface area contributed by atoms with E-state index in [1.807, 2.05) is 85.8 Å². The zero-order valence-electron chi connectivity index (χ0n) is 21.6. The zero-order chi connectivity index (χ0) is 26.3. The number of benzene rings is 3. The predicted molar refractivity (Wildman–Crippen MR) is 145 cm³/mol. The van der Waals surface area contributed by atoms with Gasteiger partial charge in [0.05, 0.1) is 11.6 Å². The molecule has 0 saturated carbocycles. The van der Waals surface area contributed by atoms with Crippen molar-refractivity contribution in [2.75, 3.05) is 19.7 Å². The van der Waals surface area contributed by atoms with Gasteiger partial charge in [0.15, 0.2) is 0 Å². The van der Waals surface area contributed by atoms with Gasteiger partial charge in [-0.05, 0) is 49.4 Å². The van der Waals surface area contributed by atoms with Crippen molar-refractivity contribution in [3.05, 3.63) is 95.6 Å². The van der Waals surface area contributed by atoms with E-state index in [0.717, 1.165) is 47.2 Å². The van der Waals surface area contributed by atoms with Crippen LogP contribution in [-0.2, 0) is 27.3 Å². The van der Waals surface area contributed by atoms with Crippen LogP contribution in [0.5, 0.6) is 0 Å². The average molecular weight is 512 g/mol. The van der Waals surface area contributed by atoms with Gasteiger partial charge < -0.3 is 15.0 Å². The molecule has 8 heteroatoms. The number of ether oxygens (including phenoxy) is 1. The lowest BCUT2D eigenvalue weighted by molar-refractivity contribution is -0.141. The summed E-state index contributed by atoms with van der Waals surface area (Å²) in [5.74, 6) is -0.413. The third-order valence-corrected chi connectivity index (χ3v) is 6.99. The molecule has 2 atom stereocenters. The van der Waals surface area contributed by atoms with Crippen molar-refractivity contribution in [3.63, 3.8) is 0 Å². The highest BCUT2D eigenvalue weighted by Crippen LogP contribution is 2.24. The molecule has 0 aliphatic carbocycles. The van der Waals surface area contributed by atoms with E-state index in [9.17, 15) is 9.59 Å². The molecular weight excluding hydrogens is 478 g/mol. The van der Waals surface area contributed by atoms with Gasteiger partial charge in [-0.2, -0.15) is 0 Å². The normalized spacial score (nSPS) is 15.9. The molecule has 0 bridgehead atoms. The van der Waals surface area contributed by atoms with E-state index in [1.165, 1.54) is 0 Å². The topological polar surface area (TPSA) is 89.4 Å². The molecular formula is C30H33N5O3. The average Bonchev–Trinajstić information content (AvgIpc) is 3.61. The number of nitrogens with zero attached hydrogens (tertiary/aromatic N) is 4. The number of aromatic nitrogens is 3. The monoisotopic (exact) mass is 511 g/mol. The maximum absolute atomic E-state index is 14.0. The number of hydrogen-bond acceptors (Lipinski definition) is 5. The number of fused-ring (bicyclic) bond motifs is 1. The third-order valence-electron chi connectivity index (χ3n) is 6.99. The molecule has 8 nitrogen and oxygen atoms in total. The first kappa shape index (κ1) is 25.6. The molecule has 1 aromatic heterocycles. The summed E-state index contributed by atoms with van der Waals surface area (Å²) >= 11 is 0. The number of rotatable bonds is 10. The molecule has 1 saturated heterocycles. The Hall–Kier alpha value is -4.04. The van der Waals surface area contributed by atoms with Crippen LogP contribution in [0.3, 0.4) is 0 Å². The molecule has 196 valence electrons. The molecule has 3 aromatic carbocycles. The Morgan fingerprint density at radius 1 is 1.05 bits per heavy atom. The third kappa shape index (κ3) is 6.08. The second kappa shape index (κ2) is 12.0. The molecule has 38 heavy (non-hydrogen) atoms. The lowest BCUT2D eigenvalue weighted by atomic mass is 10.0. The summed E-state index contributed by atoms with van der Waals surface area (Å²) in [6.45, 7) is 3.51. The van der Waals surface area contributed by atoms with Gasteiger partial charge in [0.25, 0.3) is 0 Å². The summed E-state index contributed by atoms with van der Waals surface area (Å²) in [7, 11) is 0. The Morgan fingerprint density at radius 3 is 2.58 bits per heavy atom. The van der Waals surface area contributed by atoms with E-state index in [2.05, 4.69) is 15.6 Å². The molecule has 4 aromatic rings. The first-order valence-corrected chi connectivity index (χ1v) is 13.2. The molecule has 2 heterocycles. The molecule has 1 N–H and O–H groups in total. The Labute approximate surface area is 222 Å². The van der Waals surface area contributed by atoms with Crippen molar-refractivity contribution in [3.8, 4) is 0 Å². The molecule has 0 unspecified atom stereocenters. The first-order valence-electron chi connectivity index (χ1n) is 13.2.